The molecule has 0 fully saturated rings. The smallest absolute Gasteiger partial charge is 0.416 e. The Labute approximate surface area is 102 Å². The maximum absolute atomic E-state index is 12.4. The Hall–Kier alpha value is -1.48. The van der Waals surface area contributed by atoms with Gasteiger partial charge in [-0.3, -0.25) is 4.72 Å². The zero-order chi connectivity index (χ0) is 14.0. The Morgan fingerprint density at radius 2 is 1.94 bits per heavy atom. The second-order valence-electron chi connectivity index (χ2n) is 3.33. The summed E-state index contributed by atoms with van der Waals surface area (Å²) >= 11 is 0. The van der Waals surface area contributed by atoms with Crippen molar-refractivity contribution >= 4 is 15.9 Å². The number of alkyl halides is 3. The van der Waals surface area contributed by atoms with E-state index in [1.165, 1.54) is 6.92 Å². The maximum Gasteiger partial charge on any atom is 0.416 e. The zero-order valence-electron chi connectivity index (χ0n) is 9.25. The minimum atomic E-state index is -4.62. The molecule has 0 spiro atoms. The van der Waals surface area contributed by atoms with Gasteiger partial charge in [0.2, 0.25) is 0 Å². The highest BCUT2D eigenvalue weighted by Crippen LogP contribution is 2.34. The minimum Gasteiger partial charge on any atom is -0.506 e. The van der Waals surface area contributed by atoms with Crippen LogP contribution in [0.5, 0.6) is 5.75 Å². The van der Waals surface area contributed by atoms with Crippen LogP contribution >= 0.6 is 0 Å². The van der Waals surface area contributed by atoms with Gasteiger partial charge in [0.25, 0.3) is 10.2 Å². The summed E-state index contributed by atoms with van der Waals surface area (Å²) in [5.74, 6) is -0.593. The Morgan fingerprint density at radius 1 is 1.33 bits per heavy atom. The van der Waals surface area contributed by atoms with Crippen molar-refractivity contribution in [2.24, 2.45) is 0 Å². The Morgan fingerprint density at radius 3 is 2.44 bits per heavy atom. The lowest BCUT2D eigenvalue weighted by atomic mass is 10.2. The van der Waals surface area contributed by atoms with E-state index in [1.54, 1.807) is 0 Å². The van der Waals surface area contributed by atoms with E-state index in [0.29, 0.717) is 12.1 Å². The number of benzene rings is 1. The van der Waals surface area contributed by atoms with E-state index in [0.717, 1.165) is 6.07 Å². The number of phenols is 1. The van der Waals surface area contributed by atoms with Crippen LogP contribution in [0.15, 0.2) is 18.2 Å². The van der Waals surface area contributed by atoms with E-state index in [-0.39, 0.29) is 6.54 Å². The summed E-state index contributed by atoms with van der Waals surface area (Å²) in [7, 11) is -4.00. The standard InChI is InChI=1S/C9H11F3N2O3S/c1-2-13-18(16,17)14-7-5-6(9(10,11)12)3-4-8(7)15/h3-5,13-15H,2H2,1H3. The number of anilines is 1. The highest BCUT2D eigenvalue weighted by Gasteiger charge is 2.31. The van der Waals surface area contributed by atoms with Crippen molar-refractivity contribution in [1.29, 1.82) is 0 Å². The average Bonchev–Trinajstić information content (AvgIpc) is 2.19. The summed E-state index contributed by atoms with van der Waals surface area (Å²) in [6, 6.07) is 1.94. The fourth-order valence-corrected chi connectivity index (χ4v) is 2.07. The fourth-order valence-electron chi connectivity index (χ4n) is 1.16. The molecule has 0 aliphatic heterocycles. The van der Waals surface area contributed by atoms with Crippen molar-refractivity contribution in [2.75, 3.05) is 11.3 Å². The van der Waals surface area contributed by atoms with Crippen LogP contribution in [-0.4, -0.2) is 20.1 Å². The van der Waals surface area contributed by atoms with Crippen molar-refractivity contribution in [2.45, 2.75) is 13.1 Å². The van der Waals surface area contributed by atoms with E-state index in [2.05, 4.69) is 0 Å². The van der Waals surface area contributed by atoms with Gasteiger partial charge in [-0.1, -0.05) is 6.92 Å². The molecule has 18 heavy (non-hydrogen) atoms. The van der Waals surface area contributed by atoms with Crippen LogP contribution in [-0.2, 0) is 16.4 Å². The maximum atomic E-state index is 12.4. The van der Waals surface area contributed by atoms with Gasteiger partial charge in [-0.15, -0.1) is 0 Å². The fraction of sp³-hybridized carbons (Fsp3) is 0.333. The van der Waals surface area contributed by atoms with Crippen molar-refractivity contribution < 1.29 is 26.7 Å². The monoisotopic (exact) mass is 284 g/mol. The van der Waals surface area contributed by atoms with Crippen LogP contribution in [0.1, 0.15) is 12.5 Å². The molecule has 0 saturated carbocycles. The third-order valence-corrected chi connectivity index (χ3v) is 3.06. The van der Waals surface area contributed by atoms with E-state index in [9.17, 15) is 26.7 Å². The van der Waals surface area contributed by atoms with Gasteiger partial charge in [0.1, 0.15) is 5.75 Å². The van der Waals surface area contributed by atoms with Crippen molar-refractivity contribution in [1.82, 2.24) is 4.72 Å². The number of aromatic hydroxyl groups is 1. The SMILES string of the molecule is CCNS(=O)(=O)Nc1cc(C(F)(F)F)ccc1O. The molecule has 0 amide bonds. The van der Waals surface area contributed by atoms with Crippen LogP contribution in [0.3, 0.4) is 0 Å². The summed E-state index contributed by atoms with van der Waals surface area (Å²) < 4.78 is 63.7. The zero-order valence-corrected chi connectivity index (χ0v) is 10.1. The Bertz CT molecular complexity index is 528. The predicted octanol–water partition coefficient (Wildman–Crippen LogP) is 1.68. The second kappa shape index (κ2) is 5.02. The van der Waals surface area contributed by atoms with Crippen molar-refractivity contribution in [3.63, 3.8) is 0 Å². The molecule has 0 aliphatic rings. The third kappa shape index (κ3) is 3.77. The topological polar surface area (TPSA) is 78.4 Å². The van der Waals surface area contributed by atoms with Crippen molar-refractivity contribution in [3.8, 4) is 5.75 Å². The van der Waals surface area contributed by atoms with Crippen LogP contribution < -0.4 is 9.44 Å². The Balaban J connectivity index is 3.10. The number of hydrogen-bond acceptors (Lipinski definition) is 3. The third-order valence-electron chi connectivity index (χ3n) is 1.90. The lowest BCUT2D eigenvalue weighted by molar-refractivity contribution is -0.137. The number of phenolic OH excluding ortho intramolecular Hbond substituents is 1. The molecule has 0 atom stereocenters. The molecule has 0 aliphatic carbocycles. The largest absolute Gasteiger partial charge is 0.506 e. The van der Waals surface area contributed by atoms with Gasteiger partial charge in [0.05, 0.1) is 11.3 Å². The number of nitrogens with one attached hydrogen (secondary N) is 2. The number of halogens is 3. The van der Waals surface area contributed by atoms with Gasteiger partial charge in [-0.05, 0) is 18.2 Å². The molecular formula is C9H11F3N2O3S. The first-order chi connectivity index (χ1) is 8.15. The second-order valence-corrected chi connectivity index (χ2v) is 4.83. The van der Waals surface area contributed by atoms with Crippen LogP contribution in [0.2, 0.25) is 0 Å². The molecule has 9 heteroatoms. The van der Waals surface area contributed by atoms with Crippen LogP contribution in [0.25, 0.3) is 0 Å². The average molecular weight is 284 g/mol. The normalized spacial score (nSPS) is 12.4. The first-order valence-corrected chi connectivity index (χ1v) is 6.31. The van der Waals surface area contributed by atoms with E-state index < -0.39 is 33.4 Å². The molecule has 0 unspecified atom stereocenters. The molecule has 5 nitrogen and oxygen atoms in total. The molecular weight excluding hydrogens is 273 g/mol. The molecule has 0 bridgehead atoms. The van der Waals surface area contributed by atoms with Gasteiger partial charge in [-0.25, -0.2) is 0 Å². The molecule has 0 aromatic heterocycles. The van der Waals surface area contributed by atoms with Gasteiger partial charge in [0, 0.05) is 6.54 Å². The molecule has 0 heterocycles. The number of rotatable bonds is 4. The minimum absolute atomic E-state index is 0.0645. The van der Waals surface area contributed by atoms with Crippen LogP contribution in [0, 0.1) is 0 Å². The summed E-state index contributed by atoms with van der Waals surface area (Å²) in [6.07, 6.45) is -4.62. The van der Waals surface area contributed by atoms with Gasteiger partial charge >= 0.3 is 6.18 Å². The first kappa shape index (κ1) is 14.6. The molecule has 1 aromatic rings. The lowest BCUT2D eigenvalue weighted by Gasteiger charge is -2.12. The molecule has 0 radical (unpaired) electrons. The summed E-state index contributed by atoms with van der Waals surface area (Å²) in [5.41, 5.74) is -1.60. The Kier molecular flexibility index (Phi) is 4.07. The van der Waals surface area contributed by atoms with E-state index >= 15 is 0 Å². The van der Waals surface area contributed by atoms with E-state index in [1.807, 2.05) is 9.44 Å². The molecule has 0 saturated heterocycles. The summed E-state index contributed by atoms with van der Waals surface area (Å²) in [5, 5.41) is 9.31. The van der Waals surface area contributed by atoms with Gasteiger partial charge in [-0.2, -0.15) is 26.3 Å². The molecule has 1 rings (SSSR count). The van der Waals surface area contributed by atoms with Crippen molar-refractivity contribution in [3.05, 3.63) is 23.8 Å². The van der Waals surface area contributed by atoms with Gasteiger partial charge in [0.15, 0.2) is 0 Å². The molecule has 3 N–H and O–H groups in total. The highest BCUT2D eigenvalue weighted by molar-refractivity contribution is 7.90. The molecule has 102 valence electrons. The summed E-state index contributed by atoms with van der Waals surface area (Å²) in [4.78, 5) is 0. The van der Waals surface area contributed by atoms with E-state index in [4.69, 9.17) is 0 Å². The summed E-state index contributed by atoms with van der Waals surface area (Å²) in [6.45, 7) is 1.57. The molecule has 1 aromatic carbocycles. The lowest BCUT2D eigenvalue weighted by Crippen LogP contribution is -2.29. The highest BCUT2D eigenvalue weighted by atomic mass is 32.2. The first-order valence-electron chi connectivity index (χ1n) is 4.83. The van der Waals surface area contributed by atoms with Crippen LogP contribution in [0.4, 0.5) is 18.9 Å². The van der Waals surface area contributed by atoms with Gasteiger partial charge < -0.3 is 5.11 Å². The quantitative estimate of drug-likeness (QED) is 0.736. The predicted molar refractivity (Wildman–Crippen MR) is 59.3 cm³/mol. The number of hydrogen-bond donors (Lipinski definition) is 3.